The molecule has 4 heteroatoms. The van der Waals surface area contributed by atoms with Crippen LogP contribution in [0.5, 0.6) is 11.5 Å². The molecule has 18 heavy (non-hydrogen) atoms. The van der Waals surface area contributed by atoms with Gasteiger partial charge in [-0.15, -0.1) is 0 Å². The normalized spacial score (nSPS) is 20.1. The van der Waals surface area contributed by atoms with E-state index in [1.165, 1.54) is 6.42 Å². The molecule has 98 valence electrons. The van der Waals surface area contributed by atoms with E-state index in [-0.39, 0.29) is 12.0 Å². The fourth-order valence-corrected chi connectivity index (χ4v) is 2.51. The van der Waals surface area contributed by atoms with E-state index in [2.05, 4.69) is 5.32 Å². The van der Waals surface area contributed by atoms with Gasteiger partial charge in [0.1, 0.15) is 13.2 Å². The first-order valence-corrected chi connectivity index (χ1v) is 6.56. The van der Waals surface area contributed by atoms with Crippen molar-refractivity contribution in [3.63, 3.8) is 0 Å². The van der Waals surface area contributed by atoms with Crippen molar-refractivity contribution in [2.75, 3.05) is 31.7 Å². The van der Waals surface area contributed by atoms with E-state index in [1.54, 1.807) is 0 Å². The summed E-state index contributed by atoms with van der Waals surface area (Å²) in [5.74, 6) is 1.62. The highest BCUT2D eigenvalue weighted by molar-refractivity contribution is 5.55. The first-order valence-electron chi connectivity index (χ1n) is 6.56. The SMILES string of the molecule is OCC1(CNc2ccc3c(c2)OCCO3)CCC1. The van der Waals surface area contributed by atoms with Crippen LogP contribution in [-0.4, -0.2) is 31.5 Å². The summed E-state index contributed by atoms with van der Waals surface area (Å²) in [7, 11) is 0. The molecule has 1 aromatic rings. The van der Waals surface area contributed by atoms with Crippen LogP contribution in [0.3, 0.4) is 0 Å². The Bertz CT molecular complexity index is 424. The summed E-state index contributed by atoms with van der Waals surface area (Å²) >= 11 is 0. The van der Waals surface area contributed by atoms with Gasteiger partial charge in [0.05, 0.1) is 6.61 Å². The summed E-state index contributed by atoms with van der Waals surface area (Å²) in [4.78, 5) is 0. The van der Waals surface area contributed by atoms with Gasteiger partial charge in [-0.3, -0.25) is 0 Å². The summed E-state index contributed by atoms with van der Waals surface area (Å²) in [5, 5.41) is 12.8. The van der Waals surface area contributed by atoms with E-state index in [0.717, 1.165) is 36.6 Å². The number of hydrogen-bond acceptors (Lipinski definition) is 4. The van der Waals surface area contributed by atoms with Gasteiger partial charge in [0.15, 0.2) is 11.5 Å². The fourth-order valence-electron chi connectivity index (χ4n) is 2.51. The Kier molecular flexibility index (Phi) is 3.04. The van der Waals surface area contributed by atoms with Crippen LogP contribution in [0.25, 0.3) is 0 Å². The molecule has 1 aliphatic carbocycles. The monoisotopic (exact) mass is 249 g/mol. The van der Waals surface area contributed by atoms with Gasteiger partial charge in [0.25, 0.3) is 0 Å². The number of aliphatic hydroxyl groups excluding tert-OH is 1. The first kappa shape index (κ1) is 11.7. The molecule has 2 N–H and O–H groups in total. The number of anilines is 1. The second-order valence-electron chi connectivity index (χ2n) is 5.22. The molecule has 0 atom stereocenters. The fraction of sp³-hybridized carbons (Fsp3) is 0.571. The second-order valence-corrected chi connectivity index (χ2v) is 5.22. The van der Waals surface area contributed by atoms with Crippen molar-refractivity contribution in [3.05, 3.63) is 18.2 Å². The Hall–Kier alpha value is -1.42. The molecule has 0 amide bonds. The van der Waals surface area contributed by atoms with E-state index in [0.29, 0.717) is 13.2 Å². The Morgan fingerprint density at radius 2 is 1.94 bits per heavy atom. The molecule has 0 radical (unpaired) electrons. The third kappa shape index (κ3) is 2.12. The van der Waals surface area contributed by atoms with Gasteiger partial charge >= 0.3 is 0 Å². The van der Waals surface area contributed by atoms with Crippen LogP contribution in [0.15, 0.2) is 18.2 Å². The van der Waals surface area contributed by atoms with Crippen molar-refractivity contribution >= 4 is 5.69 Å². The maximum absolute atomic E-state index is 9.42. The highest BCUT2D eigenvalue weighted by Crippen LogP contribution is 2.41. The average Bonchev–Trinajstić information content (AvgIpc) is 2.38. The smallest absolute Gasteiger partial charge is 0.163 e. The maximum atomic E-state index is 9.42. The molecular formula is C14H19NO3. The zero-order valence-corrected chi connectivity index (χ0v) is 10.4. The Morgan fingerprint density at radius 1 is 1.17 bits per heavy atom. The molecule has 1 saturated carbocycles. The number of nitrogens with one attached hydrogen (secondary N) is 1. The average molecular weight is 249 g/mol. The van der Waals surface area contributed by atoms with E-state index in [1.807, 2.05) is 18.2 Å². The summed E-state index contributed by atoms with van der Waals surface area (Å²) in [6.45, 7) is 2.32. The Morgan fingerprint density at radius 3 is 2.61 bits per heavy atom. The number of aliphatic hydroxyl groups is 1. The highest BCUT2D eigenvalue weighted by atomic mass is 16.6. The van der Waals surface area contributed by atoms with Crippen molar-refractivity contribution in [2.45, 2.75) is 19.3 Å². The summed E-state index contributed by atoms with van der Waals surface area (Å²) < 4.78 is 11.0. The van der Waals surface area contributed by atoms with Crippen LogP contribution >= 0.6 is 0 Å². The number of ether oxygens (including phenoxy) is 2. The number of benzene rings is 1. The Balaban J connectivity index is 1.66. The molecule has 0 bridgehead atoms. The molecule has 1 heterocycles. The van der Waals surface area contributed by atoms with Gasteiger partial charge in [-0.05, 0) is 25.0 Å². The first-order chi connectivity index (χ1) is 8.81. The topological polar surface area (TPSA) is 50.7 Å². The number of rotatable bonds is 4. The van der Waals surface area contributed by atoms with Crippen LogP contribution in [0.4, 0.5) is 5.69 Å². The minimum Gasteiger partial charge on any atom is -0.486 e. The van der Waals surface area contributed by atoms with Crippen molar-refractivity contribution in [3.8, 4) is 11.5 Å². The van der Waals surface area contributed by atoms with Crippen LogP contribution in [-0.2, 0) is 0 Å². The van der Waals surface area contributed by atoms with Crippen molar-refractivity contribution in [2.24, 2.45) is 5.41 Å². The van der Waals surface area contributed by atoms with Gasteiger partial charge in [-0.2, -0.15) is 0 Å². The van der Waals surface area contributed by atoms with E-state index >= 15 is 0 Å². The van der Waals surface area contributed by atoms with Crippen LogP contribution in [0, 0.1) is 5.41 Å². The van der Waals surface area contributed by atoms with Gasteiger partial charge in [-0.1, -0.05) is 6.42 Å². The van der Waals surface area contributed by atoms with Gasteiger partial charge < -0.3 is 19.9 Å². The van der Waals surface area contributed by atoms with E-state index < -0.39 is 0 Å². The predicted molar refractivity (Wildman–Crippen MR) is 69.3 cm³/mol. The minimum atomic E-state index is 0.0905. The molecule has 2 aliphatic rings. The standard InChI is InChI=1S/C14H19NO3/c16-10-14(4-1-5-14)9-15-11-2-3-12-13(8-11)18-7-6-17-12/h2-3,8,15-16H,1,4-7,9-10H2. The molecule has 0 aromatic heterocycles. The van der Waals surface area contributed by atoms with E-state index in [4.69, 9.17) is 9.47 Å². The summed E-state index contributed by atoms with van der Waals surface area (Å²) in [6.07, 6.45) is 3.45. The van der Waals surface area contributed by atoms with Crippen molar-refractivity contribution < 1.29 is 14.6 Å². The molecule has 0 saturated heterocycles. The molecule has 0 spiro atoms. The number of hydrogen-bond donors (Lipinski definition) is 2. The largest absolute Gasteiger partial charge is 0.486 e. The lowest BCUT2D eigenvalue weighted by atomic mass is 9.69. The summed E-state index contributed by atoms with van der Waals surface area (Å²) in [5.41, 5.74) is 1.12. The predicted octanol–water partition coefficient (Wildman–Crippen LogP) is 2.03. The number of fused-ring (bicyclic) bond motifs is 1. The molecular weight excluding hydrogens is 230 g/mol. The molecule has 3 rings (SSSR count). The maximum Gasteiger partial charge on any atom is 0.163 e. The van der Waals surface area contributed by atoms with Crippen LogP contribution in [0.1, 0.15) is 19.3 Å². The Labute approximate surface area is 107 Å². The van der Waals surface area contributed by atoms with Crippen molar-refractivity contribution in [1.29, 1.82) is 0 Å². The van der Waals surface area contributed by atoms with E-state index in [9.17, 15) is 5.11 Å². The van der Waals surface area contributed by atoms with Gasteiger partial charge in [0.2, 0.25) is 0 Å². The third-order valence-corrected chi connectivity index (χ3v) is 3.96. The van der Waals surface area contributed by atoms with Gasteiger partial charge in [0, 0.05) is 23.7 Å². The highest BCUT2D eigenvalue weighted by Gasteiger charge is 2.36. The summed E-state index contributed by atoms with van der Waals surface area (Å²) in [6, 6.07) is 5.90. The zero-order chi connectivity index (χ0) is 12.4. The lowest BCUT2D eigenvalue weighted by Gasteiger charge is -2.40. The second kappa shape index (κ2) is 4.69. The molecule has 4 nitrogen and oxygen atoms in total. The zero-order valence-electron chi connectivity index (χ0n) is 10.4. The quantitative estimate of drug-likeness (QED) is 0.857. The molecule has 1 aliphatic heterocycles. The van der Waals surface area contributed by atoms with Crippen LogP contribution in [0.2, 0.25) is 0 Å². The van der Waals surface area contributed by atoms with Crippen molar-refractivity contribution in [1.82, 2.24) is 0 Å². The molecule has 0 unspecified atom stereocenters. The minimum absolute atomic E-state index is 0.0905. The van der Waals surface area contributed by atoms with Gasteiger partial charge in [-0.25, -0.2) is 0 Å². The third-order valence-electron chi connectivity index (χ3n) is 3.96. The lowest BCUT2D eigenvalue weighted by Crippen LogP contribution is -2.39. The van der Waals surface area contributed by atoms with Crippen LogP contribution < -0.4 is 14.8 Å². The molecule has 1 fully saturated rings. The molecule has 1 aromatic carbocycles. The lowest BCUT2D eigenvalue weighted by molar-refractivity contribution is 0.0576.